The van der Waals surface area contributed by atoms with Crippen LogP contribution in [0.5, 0.6) is 0 Å². The van der Waals surface area contributed by atoms with Crippen LogP contribution in [0.4, 0.5) is 5.00 Å². The maximum Gasteiger partial charge on any atom is 0.291 e. The number of likely N-dealkylation sites (tertiary alicyclic amines) is 1. The maximum absolute atomic E-state index is 13.1. The largest absolute Gasteiger partial charge is 0.459 e. The molecule has 0 radical (unpaired) electrons. The number of rotatable bonds is 5. The van der Waals surface area contributed by atoms with Crippen LogP contribution >= 0.6 is 11.3 Å². The molecule has 0 spiro atoms. The number of piperidine rings is 1. The molecule has 178 valence electrons. The Morgan fingerprint density at radius 2 is 1.79 bits per heavy atom. The van der Waals surface area contributed by atoms with Gasteiger partial charge in [-0.05, 0) is 48.9 Å². The highest BCUT2D eigenvalue weighted by Crippen LogP contribution is 2.29. The van der Waals surface area contributed by atoms with E-state index in [1.165, 1.54) is 24.0 Å². The zero-order chi connectivity index (χ0) is 23.5. The first-order valence-electron chi connectivity index (χ1n) is 11.5. The van der Waals surface area contributed by atoms with Gasteiger partial charge in [0.1, 0.15) is 0 Å². The number of carbonyl (C=O) groups is 3. The van der Waals surface area contributed by atoms with Crippen LogP contribution in [-0.2, 0) is 4.79 Å². The first kappa shape index (κ1) is 23.5. The zero-order valence-electron chi connectivity index (χ0n) is 19.5. The Balaban J connectivity index is 1.29. The number of piperazine rings is 1. The summed E-state index contributed by atoms with van der Waals surface area (Å²) in [5, 5.41) is 3.41. The molecule has 8 nitrogen and oxygen atoms in total. The van der Waals surface area contributed by atoms with Crippen molar-refractivity contribution in [2.45, 2.75) is 27.2 Å². The first-order chi connectivity index (χ1) is 15.8. The van der Waals surface area contributed by atoms with Gasteiger partial charge in [-0.1, -0.05) is 13.8 Å². The number of furan rings is 1. The molecule has 2 aromatic heterocycles. The SMILES string of the molecule is Cc1cc(NC(=O)c2ccco2)sc1C(=O)N1CCN(CC(=O)N2CC(C)CC(C)C2)CC1. The van der Waals surface area contributed by atoms with E-state index in [0.29, 0.717) is 54.4 Å². The average Bonchev–Trinajstić information content (AvgIpc) is 3.43. The molecule has 2 saturated heterocycles. The van der Waals surface area contributed by atoms with Crippen LogP contribution in [0.15, 0.2) is 28.9 Å². The number of anilines is 1. The molecule has 2 unspecified atom stereocenters. The summed E-state index contributed by atoms with van der Waals surface area (Å²) < 4.78 is 5.12. The third-order valence-electron chi connectivity index (χ3n) is 6.33. The molecular formula is C24H32N4O4S. The highest BCUT2D eigenvalue weighted by Gasteiger charge is 2.29. The summed E-state index contributed by atoms with van der Waals surface area (Å²) in [5.74, 6) is 1.16. The Bertz CT molecular complexity index is 984. The molecule has 1 N–H and O–H groups in total. The minimum absolute atomic E-state index is 0.0272. The van der Waals surface area contributed by atoms with E-state index in [2.05, 4.69) is 24.1 Å². The van der Waals surface area contributed by atoms with Crippen LogP contribution in [0.2, 0.25) is 0 Å². The van der Waals surface area contributed by atoms with E-state index in [4.69, 9.17) is 4.42 Å². The van der Waals surface area contributed by atoms with Gasteiger partial charge in [0.05, 0.1) is 22.7 Å². The molecule has 9 heteroatoms. The number of nitrogens with one attached hydrogen (secondary N) is 1. The van der Waals surface area contributed by atoms with Crippen molar-refractivity contribution in [2.24, 2.45) is 11.8 Å². The molecule has 4 heterocycles. The van der Waals surface area contributed by atoms with Crippen LogP contribution in [-0.4, -0.2) is 78.2 Å². The highest BCUT2D eigenvalue weighted by atomic mass is 32.1. The number of hydrogen-bond donors (Lipinski definition) is 1. The van der Waals surface area contributed by atoms with E-state index in [1.54, 1.807) is 12.1 Å². The molecular weight excluding hydrogens is 440 g/mol. The Morgan fingerprint density at radius 1 is 1.09 bits per heavy atom. The van der Waals surface area contributed by atoms with Crippen molar-refractivity contribution in [3.05, 3.63) is 40.7 Å². The zero-order valence-corrected chi connectivity index (χ0v) is 20.3. The van der Waals surface area contributed by atoms with Crippen LogP contribution in [0.1, 0.15) is 46.1 Å². The van der Waals surface area contributed by atoms with E-state index in [0.717, 1.165) is 18.7 Å². The minimum Gasteiger partial charge on any atom is -0.459 e. The fourth-order valence-electron chi connectivity index (χ4n) is 4.75. The van der Waals surface area contributed by atoms with Gasteiger partial charge in [0.2, 0.25) is 5.91 Å². The highest BCUT2D eigenvalue weighted by molar-refractivity contribution is 7.18. The van der Waals surface area contributed by atoms with Gasteiger partial charge in [-0.15, -0.1) is 11.3 Å². The topological polar surface area (TPSA) is 86.1 Å². The third kappa shape index (κ3) is 5.65. The number of carbonyl (C=O) groups excluding carboxylic acids is 3. The molecule has 2 aliphatic heterocycles. The van der Waals surface area contributed by atoms with Crippen molar-refractivity contribution in [1.29, 1.82) is 0 Å². The monoisotopic (exact) mass is 472 g/mol. The molecule has 0 aromatic carbocycles. The van der Waals surface area contributed by atoms with E-state index >= 15 is 0 Å². The molecule has 0 aliphatic carbocycles. The van der Waals surface area contributed by atoms with E-state index in [9.17, 15) is 14.4 Å². The van der Waals surface area contributed by atoms with Crippen molar-refractivity contribution in [1.82, 2.24) is 14.7 Å². The lowest BCUT2D eigenvalue weighted by Gasteiger charge is -2.38. The second kappa shape index (κ2) is 10.1. The summed E-state index contributed by atoms with van der Waals surface area (Å²) in [4.78, 5) is 44.7. The van der Waals surface area contributed by atoms with Gasteiger partial charge in [-0.3, -0.25) is 19.3 Å². The Labute approximate surface area is 198 Å². The molecule has 2 atom stereocenters. The summed E-state index contributed by atoms with van der Waals surface area (Å²) in [6.07, 6.45) is 2.63. The normalized spacial score (nSPS) is 21.8. The number of thiophene rings is 1. The third-order valence-corrected chi connectivity index (χ3v) is 7.47. The number of nitrogens with zero attached hydrogens (tertiary/aromatic N) is 3. The Morgan fingerprint density at radius 3 is 2.42 bits per heavy atom. The average molecular weight is 473 g/mol. The van der Waals surface area contributed by atoms with Gasteiger partial charge in [0.15, 0.2) is 5.76 Å². The quantitative estimate of drug-likeness (QED) is 0.723. The van der Waals surface area contributed by atoms with Gasteiger partial charge >= 0.3 is 0 Å². The molecule has 0 saturated carbocycles. The molecule has 33 heavy (non-hydrogen) atoms. The van der Waals surface area contributed by atoms with Crippen LogP contribution in [0.25, 0.3) is 0 Å². The minimum atomic E-state index is -0.337. The van der Waals surface area contributed by atoms with Crippen molar-refractivity contribution in [3.63, 3.8) is 0 Å². The first-order valence-corrected chi connectivity index (χ1v) is 12.4. The van der Waals surface area contributed by atoms with Gasteiger partial charge in [0, 0.05) is 39.3 Å². The Hall–Kier alpha value is -2.65. The summed E-state index contributed by atoms with van der Waals surface area (Å²) in [5.41, 5.74) is 0.839. The second-order valence-corrected chi connectivity index (χ2v) is 10.4. The summed E-state index contributed by atoms with van der Waals surface area (Å²) in [6.45, 7) is 10.9. The molecule has 3 amide bonds. The summed E-state index contributed by atoms with van der Waals surface area (Å²) in [6, 6.07) is 5.07. The molecule has 2 aliphatic rings. The summed E-state index contributed by atoms with van der Waals surface area (Å²) >= 11 is 1.28. The second-order valence-electron chi connectivity index (χ2n) is 9.37. The van der Waals surface area contributed by atoms with E-state index in [1.807, 2.05) is 22.8 Å². The predicted molar refractivity (Wildman–Crippen MR) is 128 cm³/mol. The Kier molecular flexibility index (Phi) is 7.19. The standard InChI is InChI=1S/C24H32N4O4S/c1-16-11-17(2)14-28(13-16)21(29)15-26-6-8-27(9-7-26)24(31)22-18(3)12-20(33-22)25-23(30)19-5-4-10-32-19/h4-5,10,12,16-17H,6-9,11,13-15H2,1-3H3,(H,25,30). The van der Waals surface area contributed by atoms with Gasteiger partial charge in [0.25, 0.3) is 11.8 Å². The van der Waals surface area contributed by atoms with E-state index in [-0.39, 0.29) is 23.5 Å². The fraction of sp³-hybridized carbons (Fsp3) is 0.542. The van der Waals surface area contributed by atoms with Crippen LogP contribution < -0.4 is 5.32 Å². The lowest BCUT2D eigenvalue weighted by atomic mass is 9.92. The summed E-state index contributed by atoms with van der Waals surface area (Å²) in [7, 11) is 0. The van der Waals surface area contributed by atoms with E-state index < -0.39 is 0 Å². The molecule has 2 aromatic rings. The van der Waals surface area contributed by atoms with Gasteiger partial charge < -0.3 is 19.5 Å². The van der Waals surface area contributed by atoms with Gasteiger partial charge in [-0.2, -0.15) is 0 Å². The predicted octanol–water partition coefficient (Wildman–Crippen LogP) is 3.16. The molecule has 4 rings (SSSR count). The lowest BCUT2D eigenvalue weighted by molar-refractivity contribution is -0.135. The lowest BCUT2D eigenvalue weighted by Crippen LogP contribution is -2.53. The van der Waals surface area contributed by atoms with Crippen molar-refractivity contribution in [3.8, 4) is 0 Å². The smallest absolute Gasteiger partial charge is 0.291 e. The van der Waals surface area contributed by atoms with Crippen molar-refractivity contribution in [2.75, 3.05) is 51.1 Å². The molecule has 2 fully saturated rings. The maximum atomic E-state index is 13.1. The van der Waals surface area contributed by atoms with Crippen molar-refractivity contribution < 1.29 is 18.8 Å². The van der Waals surface area contributed by atoms with Crippen molar-refractivity contribution >= 4 is 34.1 Å². The molecule has 0 bridgehead atoms. The fourth-order valence-corrected chi connectivity index (χ4v) is 5.78. The number of aryl methyl sites for hydroxylation is 1. The number of amides is 3. The van der Waals surface area contributed by atoms with Crippen LogP contribution in [0.3, 0.4) is 0 Å². The van der Waals surface area contributed by atoms with Gasteiger partial charge in [-0.25, -0.2) is 0 Å². The van der Waals surface area contributed by atoms with Crippen LogP contribution in [0, 0.1) is 18.8 Å². The number of hydrogen-bond acceptors (Lipinski definition) is 6.